The Bertz CT molecular complexity index is 1320. The van der Waals surface area contributed by atoms with Crippen molar-refractivity contribution in [2.24, 2.45) is 0 Å². The molecule has 5 rings (SSSR count). The standard InChI is InChI=1S/C30H31ClN4O/c31-26-14-12-25(13-15-26)29(36)16-18-35-28-11-5-4-10-27(28)32-30(35)23-34-21-19-33(20-22-34)17-6-9-24-7-2-1-3-8-24/h1-15H,16-23H2/b9-6+. The molecule has 1 aromatic heterocycles. The molecule has 184 valence electrons. The number of aromatic nitrogens is 2. The highest BCUT2D eigenvalue weighted by atomic mass is 35.5. The maximum atomic E-state index is 12.8. The number of aryl methyl sites for hydroxylation is 1. The molecular formula is C30H31ClN4O. The molecule has 1 aliphatic rings. The Morgan fingerprint density at radius 2 is 1.56 bits per heavy atom. The number of Topliss-reactive ketones (excluding diaryl/α,β-unsaturated/α-hetero) is 1. The minimum Gasteiger partial charge on any atom is -0.326 e. The highest BCUT2D eigenvalue weighted by Crippen LogP contribution is 2.20. The first-order valence-corrected chi connectivity index (χ1v) is 12.9. The van der Waals surface area contributed by atoms with E-state index in [4.69, 9.17) is 16.6 Å². The summed E-state index contributed by atoms with van der Waals surface area (Å²) in [6.45, 7) is 6.45. The first-order valence-electron chi connectivity index (χ1n) is 12.5. The van der Waals surface area contributed by atoms with Crippen LogP contribution < -0.4 is 0 Å². The van der Waals surface area contributed by atoms with Crippen LogP contribution in [0.25, 0.3) is 17.1 Å². The van der Waals surface area contributed by atoms with Gasteiger partial charge in [-0.2, -0.15) is 0 Å². The Morgan fingerprint density at radius 3 is 2.33 bits per heavy atom. The van der Waals surface area contributed by atoms with Crippen LogP contribution in [0.1, 0.15) is 28.2 Å². The molecule has 6 heteroatoms. The SMILES string of the molecule is O=C(CCn1c(CN2CCN(C/C=C/c3ccccc3)CC2)nc2ccccc21)c1ccc(Cl)cc1. The number of carbonyl (C=O) groups is 1. The smallest absolute Gasteiger partial charge is 0.164 e. The lowest BCUT2D eigenvalue weighted by molar-refractivity contribution is 0.0976. The van der Waals surface area contributed by atoms with Gasteiger partial charge in [0.05, 0.1) is 17.6 Å². The Morgan fingerprint density at radius 1 is 0.861 bits per heavy atom. The topological polar surface area (TPSA) is 41.4 Å². The zero-order valence-corrected chi connectivity index (χ0v) is 21.1. The lowest BCUT2D eigenvalue weighted by atomic mass is 10.1. The van der Waals surface area contributed by atoms with E-state index >= 15 is 0 Å². The number of nitrogens with zero attached hydrogens (tertiary/aromatic N) is 4. The Kier molecular flexibility index (Phi) is 7.91. The van der Waals surface area contributed by atoms with Gasteiger partial charge in [0.1, 0.15) is 5.82 Å². The summed E-state index contributed by atoms with van der Waals surface area (Å²) in [6, 6.07) is 25.8. The third kappa shape index (κ3) is 6.11. The van der Waals surface area contributed by atoms with Crippen LogP contribution in [0.15, 0.2) is 84.9 Å². The lowest BCUT2D eigenvalue weighted by Crippen LogP contribution is -2.46. The molecular weight excluding hydrogens is 468 g/mol. The molecule has 0 atom stereocenters. The van der Waals surface area contributed by atoms with Crippen LogP contribution in [-0.2, 0) is 13.1 Å². The molecule has 1 fully saturated rings. The number of imidazole rings is 1. The van der Waals surface area contributed by atoms with E-state index in [-0.39, 0.29) is 5.78 Å². The summed E-state index contributed by atoms with van der Waals surface area (Å²) in [6.07, 6.45) is 4.87. The van der Waals surface area contributed by atoms with Gasteiger partial charge < -0.3 is 4.57 Å². The van der Waals surface area contributed by atoms with Crippen LogP contribution in [0.5, 0.6) is 0 Å². The number of benzene rings is 3. The van der Waals surface area contributed by atoms with Crippen LogP contribution in [0, 0.1) is 0 Å². The van der Waals surface area contributed by atoms with Crippen LogP contribution in [0.2, 0.25) is 5.02 Å². The van der Waals surface area contributed by atoms with Crippen molar-refractivity contribution in [1.82, 2.24) is 19.4 Å². The molecule has 0 unspecified atom stereocenters. The molecule has 0 radical (unpaired) electrons. The molecule has 0 bridgehead atoms. The second-order valence-corrected chi connectivity index (χ2v) is 9.67. The highest BCUT2D eigenvalue weighted by molar-refractivity contribution is 6.30. The second-order valence-electron chi connectivity index (χ2n) is 9.24. The zero-order valence-electron chi connectivity index (χ0n) is 20.4. The number of para-hydroxylation sites is 2. The predicted molar refractivity (Wildman–Crippen MR) is 147 cm³/mol. The molecule has 0 spiro atoms. The van der Waals surface area contributed by atoms with E-state index in [1.807, 2.05) is 24.3 Å². The molecule has 1 saturated heterocycles. The summed E-state index contributed by atoms with van der Waals surface area (Å²) >= 11 is 5.98. The number of carbonyl (C=O) groups excluding carboxylic acids is 1. The minimum absolute atomic E-state index is 0.118. The third-order valence-electron chi connectivity index (χ3n) is 6.77. The fourth-order valence-corrected chi connectivity index (χ4v) is 4.85. The summed E-state index contributed by atoms with van der Waals surface area (Å²) in [4.78, 5) is 22.7. The fourth-order valence-electron chi connectivity index (χ4n) is 4.72. The van der Waals surface area contributed by atoms with E-state index in [1.54, 1.807) is 24.3 Å². The monoisotopic (exact) mass is 498 g/mol. The first-order chi connectivity index (χ1) is 17.7. The van der Waals surface area contributed by atoms with Crippen molar-refractivity contribution in [1.29, 1.82) is 0 Å². The number of piperazine rings is 1. The molecule has 5 nitrogen and oxygen atoms in total. The van der Waals surface area contributed by atoms with Gasteiger partial charge in [-0.1, -0.05) is 66.2 Å². The van der Waals surface area contributed by atoms with E-state index in [0.29, 0.717) is 23.6 Å². The Hall–Kier alpha value is -3.25. The van der Waals surface area contributed by atoms with E-state index in [9.17, 15) is 4.79 Å². The van der Waals surface area contributed by atoms with Crippen molar-refractivity contribution in [3.05, 3.63) is 107 Å². The highest BCUT2D eigenvalue weighted by Gasteiger charge is 2.20. The van der Waals surface area contributed by atoms with Gasteiger partial charge >= 0.3 is 0 Å². The second kappa shape index (κ2) is 11.7. The van der Waals surface area contributed by atoms with Crippen molar-refractivity contribution in [2.45, 2.75) is 19.5 Å². The van der Waals surface area contributed by atoms with Crippen molar-refractivity contribution < 1.29 is 4.79 Å². The first kappa shape index (κ1) is 24.4. The molecule has 4 aromatic rings. The number of hydrogen-bond donors (Lipinski definition) is 0. The summed E-state index contributed by atoms with van der Waals surface area (Å²) in [7, 11) is 0. The number of halogens is 1. The molecule has 0 saturated carbocycles. The molecule has 0 amide bonds. The summed E-state index contributed by atoms with van der Waals surface area (Å²) < 4.78 is 2.22. The van der Waals surface area contributed by atoms with Gasteiger partial charge in [0.2, 0.25) is 0 Å². The van der Waals surface area contributed by atoms with E-state index < -0.39 is 0 Å². The van der Waals surface area contributed by atoms with Crippen LogP contribution in [0.3, 0.4) is 0 Å². The van der Waals surface area contributed by atoms with E-state index in [1.165, 1.54) is 5.56 Å². The number of hydrogen-bond acceptors (Lipinski definition) is 4. The number of ketones is 1. The lowest BCUT2D eigenvalue weighted by Gasteiger charge is -2.34. The molecule has 2 heterocycles. The summed E-state index contributed by atoms with van der Waals surface area (Å²) in [5.41, 5.74) is 4.00. The van der Waals surface area contributed by atoms with E-state index in [2.05, 4.69) is 56.9 Å². The van der Waals surface area contributed by atoms with Gasteiger partial charge in [-0.3, -0.25) is 14.6 Å². The van der Waals surface area contributed by atoms with Crippen molar-refractivity contribution in [3.63, 3.8) is 0 Å². The summed E-state index contributed by atoms with van der Waals surface area (Å²) in [5, 5.41) is 0.641. The maximum absolute atomic E-state index is 12.8. The van der Waals surface area contributed by atoms with Gasteiger partial charge in [-0.25, -0.2) is 4.98 Å². The van der Waals surface area contributed by atoms with Gasteiger partial charge in [0.25, 0.3) is 0 Å². The Labute approximate surface area is 217 Å². The van der Waals surface area contributed by atoms with Crippen molar-refractivity contribution in [2.75, 3.05) is 32.7 Å². The third-order valence-corrected chi connectivity index (χ3v) is 7.02. The predicted octanol–water partition coefficient (Wildman–Crippen LogP) is 5.79. The molecule has 0 N–H and O–H groups in total. The van der Waals surface area contributed by atoms with Crippen LogP contribution in [0.4, 0.5) is 0 Å². The normalized spacial score (nSPS) is 15.1. The summed E-state index contributed by atoms with van der Waals surface area (Å²) in [5.74, 6) is 1.14. The molecule has 36 heavy (non-hydrogen) atoms. The average Bonchev–Trinajstić information content (AvgIpc) is 3.26. The van der Waals surface area contributed by atoms with Crippen LogP contribution in [-0.4, -0.2) is 57.9 Å². The largest absolute Gasteiger partial charge is 0.326 e. The quantitative estimate of drug-likeness (QED) is 0.274. The maximum Gasteiger partial charge on any atom is 0.164 e. The van der Waals surface area contributed by atoms with Gasteiger partial charge in [0, 0.05) is 56.3 Å². The van der Waals surface area contributed by atoms with Gasteiger partial charge in [-0.15, -0.1) is 0 Å². The van der Waals surface area contributed by atoms with Crippen molar-refractivity contribution >= 4 is 34.5 Å². The average molecular weight is 499 g/mol. The number of fused-ring (bicyclic) bond motifs is 1. The Balaban J connectivity index is 1.20. The van der Waals surface area contributed by atoms with E-state index in [0.717, 1.165) is 56.1 Å². The number of rotatable bonds is 9. The van der Waals surface area contributed by atoms with Crippen LogP contribution >= 0.6 is 11.6 Å². The van der Waals surface area contributed by atoms with Gasteiger partial charge in [0.15, 0.2) is 5.78 Å². The molecule has 3 aromatic carbocycles. The van der Waals surface area contributed by atoms with Crippen molar-refractivity contribution in [3.8, 4) is 0 Å². The molecule has 0 aliphatic carbocycles. The van der Waals surface area contributed by atoms with Gasteiger partial charge in [-0.05, 0) is 42.0 Å². The zero-order chi connectivity index (χ0) is 24.7. The fraction of sp³-hybridized carbons (Fsp3) is 0.267. The minimum atomic E-state index is 0.118. The molecule has 1 aliphatic heterocycles.